The zero-order valence-electron chi connectivity index (χ0n) is 34.0. The minimum Gasteiger partial charge on any atom is -0.432 e. The van der Waals surface area contributed by atoms with Gasteiger partial charge in [-0.1, -0.05) is 67.6 Å². The Morgan fingerprint density at radius 3 is 2.02 bits per heavy atom. The van der Waals surface area contributed by atoms with Gasteiger partial charge in [-0.2, -0.15) is 0 Å². The predicted octanol–water partition coefficient (Wildman–Crippen LogP) is 5.63. The summed E-state index contributed by atoms with van der Waals surface area (Å²) in [5, 5.41) is 17.9. The van der Waals surface area contributed by atoms with Crippen LogP contribution >= 0.6 is 0 Å². The number of amides is 2. The highest BCUT2D eigenvalue weighted by Crippen LogP contribution is 2.60. The summed E-state index contributed by atoms with van der Waals surface area (Å²) in [7, 11) is -3.16. The number of anilines is 1. The zero-order chi connectivity index (χ0) is 42.4. The van der Waals surface area contributed by atoms with E-state index in [4.69, 9.17) is 4.74 Å². The maximum atomic E-state index is 15.4. The van der Waals surface area contributed by atoms with Gasteiger partial charge in [0.2, 0.25) is 5.91 Å². The van der Waals surface area contributed by atoms with Crippen LogP contribution in [0, 0.1) is 5.92 Å². The third-order valence-corrected chi connectivity index (χ3v) is 15.7. The minimum atomic E-state index is -3.16. The second-order valence-corrected chi connectivity index (χ2v) is 21.2. The average Bonchev–Trinajstić information content (AvgIpc) is 3.95. The van der Waals surface area contributed by atoms with Gasteiger partial charge in [0.05, 0.1) is 70.6 Å². The molecule has 10 rings (SSSR count). The molecule has 3 aliphatic rings. The number of para-hydroxylation sites is 2. The van der Waals surface area contributed by atoms with Gasteiger partial charge in [-0.3, -0.25) is 29.4 Å². The second-order valence-electron chi connectivity index (χ2n) is 17.3. The fourth-order valence-electron chi connectivity index (χ4n) is 10.3. The van der Waals surface area contributed by atoms with Crippen LogP contribution in [0.1, 0.15) is 35.6 Å². The summed E-state index contributed by atoms with van der Waals surface area (Å²) in [5.41, 5.74) is 4.04. The molecule has 0 bridgehead atoms. The number of aliphatic hydroxyl groups excluding tert-OH is 1. The van der Waals surface area contributed by atoms with E-state index in [9.17, 15) is 24.3 Å². The smallest absolute Gasteiger partial charge is 0.279 e. The van der Waals surface area contributed by atoms with Crippen LogP contribution in [0.5, 0.6) is 0 Å². The highest BCUT2D eigenvalue weighted by atomic mass is 28.4. The molecule has 1 spiro atoms. The molecule has 0 radical (unpaired) electrons. The van der Waals surface area contributed by atoms with E-state index in [2.05, 4.69) is 10.2 Å². The van der Waals surface area contributed by atoms with Crippen molar-refractivity contribution in [2.45, 2.75) is 69.2 Å². The molecule has 1 fully saturated rings. The highest BCUT2D eigenvalue weighted by Gasteiger charge is 2.66. The number of hydrogen-bond acceptors (Lipinski definition) is 7. The summed E-state index contributed by atoms with van der Waals surface area (Å²) >= 11 is 0. The lowest BCUT2D eigenvalue weighted by Crippen LogP contribution is -2.48. The van der Waals surface area contributed by atoms with E-state index < -0.39 is 37.5 Å². The Bertz CT molecular complexity index is 3000. The zero-order valence-corrected chi connectivity index (χ0v) is 35.0. The number of fused-ring (bicyclic) bond motifs is 5. The average molecular weight is 835 g/mol. The van der Waals surface area contributed by atoms with Crippen molar-refractivity contribution in [3.05, 3.63) is 158 Å². The standard InChI is InChI=1S/C47H46N6O7Si/c1-28-43(61(2,3)59)41(24-42(55)50-26-31-11-5-4-10-30(31)22-34(50)27-54)60-47(28)37-23-33(53-45(57)36-13-7-9-15-39(36)49-53)20-21-40(37)51(46(47)58)25-29-16-18-32(19-17-29)52-44(56)35-12-6-8-14-38(35)48-52/h4-21,23,28,34,41,43,48-49,54,59H,22,24-27H2,1-3H3/t28-,34+,41+,43-,47+/m1/s1. The van der Waals surface area contributed by atoms with Crippen LogP contribution in [-0.2, 0) is 39.4 Å². The van der Waals surface area contributed by atoms with Gasteiger partial charge in [-0.15, -0.1) is 0 Å². The molecule has 13 nitrogen and oxygen atoms in total. The van der Waals surface area contributed by atoms with Gasteiger partial charge in [-0.05, 0) is 90.8 Å². The Hall–Kier alpha value is -6.32. The van der Waals surface area contributed by atoms with E-state index >= 15 is 4.79 Å². The van der Waals surface area contributed by atoms with E-state index in [-0.39, 0.29) is 42.5 Å². The summed E-state index contributed by atoms with van der Waals surface area (Å²) in [6, 6.07) is 34.9. The number of aromatic amines is 2. The van der Waals surface area contributed by atoms with Crippen LogP contribution in [0.2, 0.25) is 18.6 Å². The number of carbonyl (C=O) groups is 2. The number of rotatable bonds is 8. The van der Waals surface area contributed by atoms with E-state index in [1.54, 1.807) is 28.0 Å². The Balaban J connectivity index is 1.04. The first kappa shape index (κ1) is 38.9. The molecule has 5 atom stereocenters. The topological polar surface area (TPSA) is 166 Å². The number of ether oxygens (including phenoxy) is 1. The number of aromatic nitrogens is 4. The number of nitrogens with zero attached hydrogens (tertiary/aromatic N) is 4. The number of hydrogen-bond donors (Lipinski definition) is 4. The Labute approximate surface area is 351 Å². The molecular formula is C47H46N6O7Si. The first-order valence-electron chi connectivity index (χ1n) is 20.7. The van der Waals surface area contributed by atoms with Gasteiger partial charge in [-0.25, -0.2) is 9.36 Å². The minimum absolute atomic E-state index is 0.0925. The first-order chi connectivity index (χ1) is 29.4. The van der Waals surface area contributed by atoms with E-state index in [1.807, 2.05) is 117 Å². The maximum Gasteiger partial charge on any atom is 0.279 e. The van der Waals surface area contributed by atoms with Crippen molar-refractivity contribution in [2.75, 3.05) is 11.5 Å². The van der Waals surface area contributed by atoms with Gasteiger partial charge >= 0.3 is 0 Å². The molecule has 4 N–H and O–H groups in total. The quantitative estimate of drug-likeness (QED) is 0.144. The Morgan fingerprint density at radius 1 is 0.803 bits per heavy atom. The first-order valence-corrected chi connectivity index (χ1v) is 23.7. The van der Waals surface area contributed by atoms with Crippen molar-refractivity contribution in [1.29, 1.82) is 0 Å². The Kier molecular flexibility index (Phi) is 9.18. The van der Waals surface area contributed by atoms with Crippen molar-refractivity contribution < 1.29 is 24.2 Å². The highest BCUT2D eigenvalue weighted by molar-refractivity contribution is 6.71. The molecule has 1 saturated heterocycles. The summed E-state index contributed by atoms with van der Waals surface area (Å²) in [4.78, 5) is 72.2. The van der Waals surface area contributed by atoms with E-state index in [1.165, 1.54) is 9.36 Å². The molecule has 2 amide bonds. The van der Waals surface area contributed by atoms with Crippen LogP contribution in [-0.4, -0.2) is 73.2 Å². The lowest BCUT2D eigenvalue weighted by molar-refractivity contribution is -0.151. The summed E-state index contributed by atoms with van der Waals surface area (Å²) in [6.07, 6.45) is -0.398. The SMILES string of the molecule is C[C@@H]1[C@@H]([Si](C)(C)O)[C@H](CC(=O)N2Cc3ccccc3C[C@H]2CO)O[C@@]12C(=O)N(Cc1ccc(-n3[nH]c4ccccc4c3=O)cc1)c1ccc(-n3[nH]c4ccccc4c3=O)cc12. The molecule has 7 aromatic rings. The summed E-state index contributed by atoms with van der Waals surface area (Å²) in [6.45, 7) is 5.86. The summed E-state index contributed by atoms with van der Waals surface area (Å²) < 4.78 is 10.1. The van der Waals surface area contributed by atoms with E-state index in [0.29, 0.717) is 51.9 Å². The predicted molar refractivity (Wildman–Crippen MR) is 234 cm³/mol. The molecule has 61 heavy (non-hydrogen) atoms. The number of carbonyl (C=O) groups excluding carboxylic acids is 2. The molecule has 2 aromatic heterocycles. The molecule has 0 saturated carbocycles. The molecular weight excluding hydrogens is 789 g/mol. The molecule has 310 valence electrons. The van der Waals surface area contributed by atoms with Crippen molar-refractivity contribution in [2.24, 2.45) is 5.92 Å². The molecule has 0 aliphatic carbocycles. The molecule has 14 heteroatoms. The largest absolute Gasteiger partial charge is 0.432 e. The van der Waals surface area contributed by atoms with Gasteiger partial charge in [0.25, 0.3) is 17.0 Å². The van der Waals surface area contributed by atoms with Crippen molar-refractivity contribution in [3.63, 3.8) is 0 Å². The van der Waals surface area contributed by atoms with Crippen LogP contribution in [0.15, 0.2) is 125 Å². The number of benzene rings is 5. The third kappa shape index (κ3) is 6.15. The lowest BCUT2D eigenvalue weighted by Gasteiger charge is -2.37. The van der Waals surface area contributed by atoms with Crippen LogP contribution < -0.4 is 16.0 Å². The van der Waals surface area contributed by atoms with Gasteiger partial charge < -0.3 is 24.4 Å². The van der Waals surface area contributed by atoms with Gasteiger partial charge in [0.1, 0.15) is 0 Å². The van der Waals surface area contributed by atoms with Crippen LogP contribution in [0.25, 0.3) is 33.2 Å². The number of aliphatic hydroxyl groups is 1. The number of nitrogens with one attached hydrogen (secondary N) is 2. The molecule has 0 unspecified atom stereocenters. The van der Waals surface area contributed by atoms with Gasteiger partial charge in [0.15, 0.2) is 13.9 Å². The van der Waals surface area contributed by atoms with E-state index in [0.717, 1.165) is 22.2 Å². The van der Waals surface area contributed by atoms with Crippen LogP contribution in [0.3, 0.4) is 0 Å². The molecule has 3 aliphatic heterocycles. The summed E-state index contributed by atoms with van der Waals surface area (Å²) in [5.74, 6) is -1.12. The second kappa shape index (κ2) is 14.4. The fraction of sp³-hybridized carbons (Fsp3) is 0.277. The van der Waals surface area contributed by atoms with Gasteiger partial charge in [0, 0.05) is 23.6 Å². The normalized spacial score (nSPS) is 22.4. The van der Waals surface area contributed by atoms with Crippen molar-refractivity contribution in [3.8, 4) is 11.4 Å². The third-order valence-electron chi connectivity index (χ3n) is 13.2. The Morgan fingerprint density at radius 2 is 1.39 bits per heavy atom. The lowest BCUT2D eigenvalue weighted by atomic mass is 9.82. The monoisotopic (exact) mass is 834 g/mol. The maximum absolute atomic E-state index is 15.4. The van der Waals surface area contributed by atoms with Crippen molar-refractivity contribution >= 4 is 47.6 Å². The van der Waals surface area contributed by atoms with Crippen LogP contribution in [0.4, 0.5) is 5.69 Å². The fourth-order valence-corrected chi connectivity index (χ4v) is 12.9. The molecule has 5 heterocycles. The van der Waals surface area contributed by atoms with Crippen molar-refractivity contribution in [1.82, 2.24) is 24.5 Å². The number of H-pyrrole nitrogens is 2. The molecule has 5 aromatic carbocycles.